The van der Waals surface area contributed by atoms with E-state index in [1.165, 1.54) is 51.5 Å². The van der Waals surface area contributed by atoms with E-state index in [1.54, 1.807) is 6.42 Å². The highest BCUT2D eigenvalue weighted by Crippen LogP contribution is 2.53. The Hall–Kier alpha value is -0.0400. The van der Waals surface area contributed by atoms with E-state index >= 15 is 0 Å². The SMILES string of the molecule is CCC(C)CC12CCCN1C1CCCC1C2. The molecule has 2 saturated heterocycles. The molecule has 1 nitrogen and oxygen atoms in total. The average Bonchev–Trinajstić information content (AvgIpc) is 2.88. The van der Waals surface area contributed by atoms with Crippen LogP contribution < -0.4 is 0 Å². The van der Waals surface area contributed by atoms with Crippen LogP contribution in [0.1, 0.15) is 65.2 Å². The molecule has 0 N–H and O–H groups in total. The van der Waals surface area contributed by atoms with Gasteiger partial charge in [0.05, 0.1) is 0 Å². The summed E-state index contributed by atoms with van der Waals surface area (Å²) in [5, 5.41) is 0. The maximum Gasteiger partial charge on any atom is 0.0218 e. The number of hydrogen-bond donors (Lipinski definition) is 0. The summed E-state index contributed by atoms with van der Waals surface area (Å²) in [5.41, 5.74) is 0.658. The van der Waals surface area contributed by atoms with Crippen molar-refractivity contribution in [3.63, 3.8) is 0 Å². The molecular weight excluding hydrogens is 194 g/mol. The fraction of sp³-hybridized carbons (Fsp3) is 1.00. The van der Waals surface area contributed by atoms with Gasteiger partial charge < -0.3 is 0 Å². The van der Waals surface area contributed by atoms with Gasteiger partial charge in [0.25, 0.3) is 0 Å². The van der Waals surface area contributed by atoms with Crippen molar-refractivity contribution in [2.45, 2.75) is 76.8 Å². The van der Waals surface area contributed by atoms with Crippen LogP contribution in [-0.2, 0) is 0 Å². The van der Waals surface area contributed by atoms with Gasteiger partial charge in [0.15, 0.2) is 0 Å². The Morgan fingerprint density at radius 3 is 3.00 bits per heavy atom. The van der Waals surface area contributed by atoms with Gasteiger partial charge in [-0.2, -0.15) is 0 Å². The van der Waals surface area contributed by atoms with E-state index in [9.17, 15) is 0 Å². The molecule has 0 aromatic rings. The fourth-order valence-corrected chi connectivity index (χ4v) is 4.95. The van der Waals surface area contributed by atoms with E-state index in [4.69, 9.17) is 0 Å². The summed E-state index contributed by atoms with van der Waals surface area (Å²) in [6, 6.07) is 0.992. The lowest BCUT2D eigenvalue weighted by atomic mass is 9.81. The number of rotatable bonds is 3. The van der Waals surface area contributed by atoms with Crippen LogP contribution >= 0.6 is 0 Å². The van der Waals surface area contributed by atoms with Crippen molar-refractivity contribution in [1.29, 1.82) is 0 Å². The van der Waals surface area contributed by atoms with Crippen molar-refractivity contribution >= 4 is 0 Å². The quantitative estimate of drug-likeness (QED) is 0.700. The van der Waals surface area contributed by atoms with E-state index in [2.05, 4.69) is 18.7 Å². The molecule has 0 spiro atoms. The molecule has 3 aliphatic rings. The third-order valence-corrected chi connectivity index (χ3v) is 5.74. The van der Waals surface area contributed by atoms with Crippen molar-refractivity contribution in [2.75, 3.05) is 6.54 Å². The predicted octanol–water partition coefficient (Wildman–Crippen LogP) is 3.83. The minimum Gasteiger partial charge on any atom is -0.294 e. The van der Waals surface area contributed by atoms with Gasteiger partial charge in [-0.15, -0.1) is 0 Å². The zero-order valence-electron chi connectivity index (χ0n) is 11.0. The van der Waals surface area contributed by atoms with Crippen molar-refractivity contribution in [2.24, 2.45) is 11.8 Å². The molecule has 1 heteroatoms. The Bertz CT molecular complexity index is 258. The van der Waals surface area contributed by atoms with Gasteiger partial charge >= 0.3 is 0 Å². The monoisotopic (exact) mass is 221 g/mol. The number of nitrogens with zero attached hydrogens (tertiary/aromatic N) is 1. The summed E-state index contributed by atoms with van der Waals surface area (Å²) in [4.78, 5) is 2.96. The fourth-order valence-electron chi connectivity index (χ4n) is 4.95. The van der Waals surface area contributed by atoms with E-state index in [1.807, 2.05) is 0 Å². The van der Waals surface area contributed by atoms with Crippen LogP contribution in [0.25, 0.3) is 0 Å². The molecule has 2 heterocycles. The van der Waals surface area contributed by atoms with E-state index in [0.717, 1.165) is 17.9 Å². The number of hydrogen-bond acceptors (Lipinski definition) is 1. The number of fused-ring (bicyclic) bond motifs is 3. The van der Waals surface area contributed by atoms with Crippen LogP contribution in [0.15, 0.2) is 0 Å². The summed E-state index contributed by atoms with van der Waals surface area (Å²) in [5.74, 6) is 2.00. The highest BCUT2D eigenvalue weighted by molar-refractivity contribution is 5.09. The summed E-state index contributed by atoms with van der Waals surface area (Å²) in [6.07, 6.45) is 11.9. The molecular formula is C15H27N. The zero-order chi connectivity index (χ0) is 11.2. The topological polar surface area (TPSA) is 3.24 Å². The Morgan fingerprint density at radius 2 is 2.19 bits per heavy atom. The van der Waals surface area contributed by atoms with Crippen LogP contribution in [0.3, 0.4) is 0 Å². The average molecular weight is 221 g/mol. The molecule has 1 saturated carbocycles. The normalized spacial score (nSPS) is 44.6. The molecule has 0 bridgehead atoms. The van der Waals surface area contributed by atoms with Crippen molar-refractivity contribution in [3.8, 4) is 0 Å². The standard InChI is InChI=1S/C15H27N/c1-3-12(2)10-15-8-5-9-16(15)14-7-4-6-13(14)11-15/h12-14H,3-11H2,1-2H3. The maximum atomic E-state index is 2.96. The first kappa shape index (κ1) is 11.1. The Morgan fingerprint density at radius 1 is 1.31 bits per heavy atom. The van der Waals surface area contributed by atoms with Gasteiger partial charge in [-0.05, 0) is 56.9 Å². The second-order valence-corrected chi connectivity index (χ2v) is 6.70. The Labute approximate surface area is 101 Å². The molecule has 1 aliphatic carbocycles. The van der Waals surface area contributed by atoms with E-state index in [-0.39, 0.29) is 0 Å². The van der Waals surface area contributed by atoms with Gasteiger partial charge in [-0.1, -0.05) is 26.7 Å². The zero-order valence-corrected chi connectivity index (χ0v) is 11.0. The third-order valence-electron chi connectivity index (χ3n) is 5.74. The van der Waals surface area contributed by atoms with Crippen LogP contribution in [0.4, 0.5) is 0 Å². The molecule has 4 atom stereocenters. The highest BCUT2D eigenvalue weighted by atomic mass is 15.3. The summed E-state index contributed by atoms with van der Waals surface area (Å²) < 4.78 is 0. The van der Waals surface area contributed by atoms with Crippen molar-refractivity contribution < 1.29 is 0 Å². The highest BCUT2D eigenvalue weighted by Gasteiger charge is 2.54. The van der Waals surface area contributed by atoms with Gasteiger partial charge in [-0.3, -0.25) is 4.90 Å². The van der Waals surface area contributed by atoms with Crippen LogP contribution in [0.2, 0.25) is 0 Å². The van der Waals surface area contributed by atoms with Crippen LogP contribution in [0.5, 0.6) is 0 Å². The lowest BCUT2D eigenvalue weighted by Gasteiger charge is -2.37. The van der Waals surface area contributed by atoms with E-state index in [0.29, 0.717) is 5.54 Å². The lowest BCUT2D eigenvalue weighted by Crippen LogP contribution is -2.43. The second kappa shape index (κ2) is 4.01. The molecule has 0 amide bonds. The first-order chi connectivity index (χ1) is 7.75. The predicted molar refractivity (Wildman–Crippen MR) is 68.5 cm³/mol. The summed E-state index contributed by atoms with van der Waals surface area (Å²) in [7, 11) is 0. The molecule has 0 aromatic heterocycles. The minimum atomic E-state index is 0.658. The lowest BCUT2D eigenvalue weighted by molar-refractivity contribution is 0.120. The molecule has 0 radical (unpaired) electrons. The van der Waals surface area contributed by atoms with Gasteiger partial charge in [0.2, 0.25) is 0 Å². The van der Waals surface area contributed by atoms with E-state index < -0.39 is 0 Å². The van der Waals surface area contributed by atoms with Crippen LogP contribution in [-0.4, -0.2) is 23.0 Å². The molecule has 4 unspecified atom stereocenters. The molecule has 16 heavy (non-hydrogen) atoms. The summed E-state index contributed by atoms with van der Waals surface area (Å²) >= 11 is 0. The molecule has 2 aliphatic heterocycles. The van der Waals surface area contributed by atoms with Crippen molar-refractivity contribution in [1.82, 2.24) is 4.90 Å². The third kappa shape index (κ3) is 1.54. The maximum absolute atomic E-state index is 2.96. The molecule has 92 valence electrons. The molecule has 3 fully saturated rings. The van der Waals surface area contributed by atoms with Gasteiger partial charge in [0, 0.05) is 11.6 Å². The van der Waals surface area contributed by atoms with Gasteiger partial charge in [0.1, 0.15) is 0 Å². The summed E-state index contributed by atoms with van der Waals surface area (Å²) in [6.45, 7) is 6.23. The molecule has 3 rings (SSSR count). The first-order valence-electron chi connectivity index (χ1n) is 7.52. The van der Waals surface area contributed by atoms with Crippen LogP contribution in [0, 0.1) is 11.8 Å². The smallest absolute Gasteiger partial charge is 0.0218 e. The largest absolute Gasteiger partial charge is 0.294 e. The first-order valence-corrected chi connectivity index (χ1v) is 7.52. The second-order valence-electron chi connectivity index (χ2n) is 6.70. The molecule has 0 aromatic carbocycles. The van der Waals surface area contributed by atoms with Gasteiger partial charge in [-0.25, -0.2) is 0 Å². The minimum absolute atomic E-state index is 0.658. The Balaban J connectivity index is 1.78. The Kier molecular flexibility index (Phi) is 2.78. The van der Waals surface area contributed by atoms with Crippen molar-refractivity contribution in [3.05, 3.63) is 0 Å².